The summed E-state index contributed by atoms with van der Waals surface area (Å²) in [6, 6.07) is 38.7. The van der Waals surface area contributed by atoms with Gasteiger partial charge in [0.05, 0.1) is 0 Å². The average Bonchev–Trinajstić information content (AvgIpc) is 2.79. The molecular formula is C26H23F2OP. The van der Waals surface area contributed by atoms with Crippen molar-refractivity contribution < 1.29 is 13.5 Å². The quantitative estimate of drug-likeness (QED) is 0.358. The fraction of sp³-hybridized carbons (Fsp3) is 0.0769. The summed E-state index contributed by atoms with van der Waals surface area (Å²) in [6.45, 7) is -2.83. The zero-order chi connectivity index (χ0) is 20.8. The Balaban J connectivity index is 1.92. The zero-order valence-corrected chi connectivity index (χ0v) is 17.4. The van der Waals surface area contributed by atoms with Crippen LogP contribution < -0.4 is 20.7 Å². The molecule has 4 heteroatoms. The molecule has 0 saturated carbocycles. The average molecular weight is 420 g/mol. The maximum absolute atomic E-state index is 12.8. The van der Waals surface area contributed by atoms with Crippen molar-refractivity contribution in [2.24, 2.45) is 0 Å². The predicted octanol–water partition coefficient (Wildman–Crippen LogP) is 5.51. The molecule has 4 aromatic rings. The second-order valence-electron chi connectivity index (χ2n) is 7.21. The molecular weight excluding hydrogens is 397 g/mol. The van der Waals surface area contributed by atoms with E-state index in [1.807, 2.05) is 24.3 Å². The van der Waals surface area contributed by atoms with Crippen LogP contribution in [0.3, 0.4) is 0 Å². The first kappa shape index (κ1) is 20.3. The summed E-state index contributed by atoms with van der Waals surface area (Å²) >= 11 is 0. The molecule has 0 unspecified atom stereocenters. The number of hydrogen-bond donors (Lipinski definition) is 0. The van der Waals surface area contributed by atoms with Crippen LogP contribution in [0.2, 0.25) is 0 Å². The van der Waals surface area contributed by atoms with Crippen molar-refractivity contribution in [1.82, 2.24) is 0 Å². The molecule has 0 radical (unpaired) electrons. The summed E-state index contributed by atoms with van der Waals surface area (Å²) in [4.78, 5) is 0. The van der Waals surface area contributed by atoms with Gasteiger partial charge in [-0.15, -0.1) is 0 Å². The van der Waals surface area contributed by atoms with Crippen molar-refractivity contribution in [2.45, 2.75) is 12.8 Å². The normalized spacial score (nSPS) is 12.0. The summed E-state index contributed by atoms with van der Waals surface area (Å²) in [5.41, 5.74) is 0.983. The summed E-state index contributed by atoms with van der Waals surface area (Å²) < 4.78 is 30.2. The van der Waals surface area contributed by atoms with E-state index in [0.29, 0.717) is 0 Å². The van der Waals surface area contributed by atoms with Crippen molar-refractivity contribution in [3.05, 3.63) is 121 Å². The maximum atomic E-state index is 12.8. The third kappa shape index (κ3) is 4.27. The van der Waals surface area contributed by atoms with E-state index >= 15 is 0 Å². The topological polar surface area (TPSA) is 9.23 Å². The molecule has 0 aromatic heterocycles. The monoisotopic (exact) mass is 420 g/mol. The van der Waals surface area contributed by atoms with E-state index in [0.717, 1.165) is 11.7 Å². The van der Waals surface area contributed by atoms with Crippen LogP contribution in [0.4, 0.5) is 8.78 Å². The summed E-state index contributed by atoms with van der Waals surface area (Å²) in [5, 5.41) is 3.84. The zero-order valence-electron chi connectivity index (χ0n) is 16.4. The van der Waals surface area contributed by atoms with Crippen molar-refractivity contribution in [2.75, 3.05) is 0 Å². The van der Waals surface area contributed by atoms with E-state index < -0.39 is 13.9 Å². The molecule has 0 fully saturated rings. The van der Waals surface area contributed by atoms with Crippen LogP contribution >= 0.6 is 7.26 Å². The van der Waals surface area contributed by atoms with Gasteiger partial charge in [-0.05, 0) is 0 Å². The van der Waals surface area contributed by atoms with Crippen LogP contribution in [0.25, 0.3) is 0 Å². The number of hydrogen-bond acceptors (Lipinski definition) is 1. The molecule has 4 aromatic carbocycles. The number of ether oxygens (including phenoxy) is 1. The van der Waals surface area contributed by atoms with E-state index in [9.17, 15) is 8.78 Å². The van der Waals surface area contributed by atoms with Gasteiger partial charge in [0.2, 0.25) is 0 Å². The Hall–Kier alpha value is -3.03. The van der Waals surface area contributed by atoms with Gasteiger partial charge in [0.25, 0.3) is 0 Å². The van der Waals surface area contributed by atoms with Crippen LogP contribution in [0.15, 0.2) is 115 Å². The predicted molar refractivity (Wildman–Crippen MR) is 123 cm³/mol. The fourth-order valence-electron chi connectivity index (χ4n) is 4.11. The van der Waals surface area contributed by atoms with Crippen molar-refractivity contribution in [1.29, 1.82) is 0 Å². The second-order valence-corrected chi connectivity index (χ2v) is 11.1. The van der Waals surface area contributed by atoms with E-state index in [1.54, 1.807) is 18.2 Å². The van der Waals surface area contributed by atoms with Crippen molar-refractivity contribution in [3.63, 3.8) is 0 Å². The second kappa shape index (κ2) is 9.19. The summed E-state index contributed by atoms with van der Waals surface area (Å²) in [7, 11) is -2.47. The van der Waals surface area contributed by atoms with E-state index in [2.05, 4.69) is 77.5 Å². The molecule has 0 amide bonds. The van der Waals surface area contributed by atoms with Crippen molar-refractivity contribution >= 4 is 23.2 Å². The molecule has 0 N–H and O–H groups in total. The molecule has 0 heterocycles. The number of alkyl halides is 2. The van der Waals surface area contributed by atoms with Crippen molar-refractivity contribution in [3.8, 4) is 5.75 Å². The van der Waals surface area contributed by atoms with Gasteiger partial charge in [0, 0.05) is 0 Å². The van der Waals surface area contributed by atoms with Gasteiger partial charge in [0.1, 0.15) is 0 Å². The molecule has 4 rings (SSSR count). The first-order chi connectivity index (χ1) is 14.7. The van der Waals surface area contributed by atoms with Crippen LogP contribution in [0.1, 0.15) is 5.56 Å². The molecule has 0 aliphatic carbocycles. The SMILES string of the molecule is FC(F)Oc1cccc(C[PH](c2ccccc2)(c2ccccc2)c2ccccc2)c1. The minimum absolute atomic E-state index is 0.194. The summed E-state index contributed by atoms with van der Waals surface area (Å²) in [6.07, 6.45) is 0.742. The fourth-order valence-corrected chi connectivity index (χ4v) is 8.84. The summed E-state index contributed by atoms with van der Waals surface area (Å²) in [5.74, 6) is 0.194. The van der Waals surface area contributed by atoms with Gasteiger partial charge >= 0.3 is 176 Å². The van der Waals surface area contributed by atoms with Gasteiger partial charge < -0.3 is 0 Å². The van der Waals surface area contributed by atoms with E-state index in [1.165, 1.54) is 15.9 Å². The molecule has 0 bridgehead atoms. The van der Waals surface area contributed by atoms with Crippen LogP contribution in [0, 0.1) is 0 Å². The number of rotatable bonds is 7. The molecule has 0 spiro atoms. The molecule has 30 heavy (non-hydrogen) atoms. The molecule has 0 saturated heterocycles. The van der Waals surface area contributed by atoms with Gasteiger partial charge in [0.15, 0.2) is 0 Å². The minimum atomic E-state index is -2.83. The van der Waals surface area contributed by atoms with Crippen LogP contribution in [-0.4, -0.2) is 6.61 Å². The Kier molecular flexibility index (Phi) is 6.21. The van der Waals surface area contributed by atoms with Gasteiger partial charge in [-0.25, -0.2) is 0 Å². The van der Waals surface area contributed by atoms with Gasteiger partial charge in [-0.1, -0.05) is 0 Å². The van der Waals surface area contributed by atoms with Crippen LogP contribution in [-0.2, 0) is 6.16 Å². The van der Waals surface area contributed by atoms with Gasteiger partial charge in [-0.3, -0.25) is 0 Å². The Morgan fingerprint density at radius 3 is 1.50 bits per heavy atom. The van der Waals surface area contributed by atoms with E-state index in [-0.39, 0.29) is 5.75 Å². The Labute approximate surface area is 176 Å². The van der Waals surface area contributed by atoms with Crippen LogP contribution in [0.5, 0.6) is 5.75 Å². The Morgan fingerprint density at radius 2 is 1.07 bits per heavy atom. The Bertz CT molecular complexity index is 973. The van der Waals surface area contributed by atoms with E-state index in [4.69, 9.17) is 0 Å². The first-order valence-corrected chi connectivity index (χ1v) is 12.1. The third-order valence-corrected chi connectivity index (χ3v) is 10.3. The molecule has 152 valence electrons. The molecule has 0 aliphatic rings. The van der Waals surface area contributed by atoms with Gasteiger partial charge in [-0.2, -0.15) is 0 Å². The first-order valence-electron chi connectivity index (χ1n) is 9.89. The number of benzene rings is 4. The molecule has 0 aliphatic heterocycles. The molecule has 1 nitrogen and oxygen atoms in total. The standard InChI is InChI=1S/C26H23F2OP/c27-26(28)29-22-12-10-11-21(19-22)20-30(23-13-4-1-5-14-23,24-15-6-2-7-16-24)25-17-8-3-9-18-25/h1-19,26,30H,20H2. The molecule has 0 atom stereocenters. The Morgan fingerprint density at radius 1 is 0.600 bits per heavy atom. The third-order valence-electron chi connectivity index (χ3n) is 5.39. The number of halogens is 2.